The number of alkyl carbamates (subject to hydrolysis) is 1. The molecule has 2 aliphatic carbocycles. The molecule has 1 aliphatic heterocycles. The lowest BCUT2D eigenvalue weighted by molar-refractivity contribution is -0.139. The van der Waals surface area contributed by atoms with E-state index in [4.69, 9.17) is 9.72 Å². The van der Waals surface area contributed by atoms with E-state index in [0.29, 0.717) is 11.8 Å². The van der Waals surface area contributed by atoms with Gasteiger partial charge in [-0.15, -0.1) is 0 Å². The van der Waals surface area contributed by atoms with Gasteiger partial charge in [0, 0.05) is 6.04 Å². The molecule has 3 fully saturated rings. The van der Waals surface area contributed by atoms with Gasteiger partial charge >= 0.3 is 6.09 Å². The second-order valence-electron chi connectivity index (χ2n) is 10.2. The first-order valence-corrected chi connectivity index (χ1v) is 12.1. The quantitative estimate of drug-likeness (QED) is 0.711. The average molecular weight is 439 g/mol. The first-order chi connectivity index (χ1) is 15.5. The number of carbonyl (C=O) groups excluding carboxylic acids is 2. The number of likely N-dealkylation sites (tertiary alicyclic amines) is 1. The number of carbonyl (C=O) groups is 2. The summed E-state index contributed by atoms with van der Waals surface area (Å²) in [5.74, 6) is 1.87. The minimum Gasteiger partial charge on any atom is -0.453 e. The van der Waals surface area contributed by atoms with Crippen molar-refractivity contribution in [3.8, 4) is 0 Å². The van der Waals surface area contributed by atoms with E-state index in [-0.39, 0.29) is 23.9 Å². The van der Waals surface area contributed by atoms with Gasteiger partial charge in [-0.3, -0.25) is 4.79 Å². The maximum Gasteiger partial charge on any atom is 0.407 e. The molecule has 0 spiro atoms. The molecule has 2 aromatic rings. The standard InChI is InChI=1S/C25H34N4O3/c1-14(2)21(28-25(31)32-3)24(30)29-18-10-8-17(12-18)22(29)23-26-19-11-9-16(13-20(19)27-23)15-6-4-5-7-15/h9,11,13-15,17-18,21-22H,4-8,10,12H2,1-3H3,(H,26,27)(H,28,31)/t17?,18?,21-,22-/m0/s1. The van der Waals surface area contributed by atoms with Crippen LogP contribution in [0.25, 0.3) is 11.0 Å². The fourth-order valence-electron chi connectivity index (χ4n) is 6.21. The zero-order valence-corrected chi connectivity index (χ0v) is 19.3. The predicted molar refractivity (Wildman–Crippen MR) is 122 cm³/mol. The fraction of sp³-hybridized carbons (Fsp3) is 0.640. The van der Waals surface area contributed by atoms with Gasteiger partial charge in [-0.25, -0.2) is 9.78 Å². The van der Waals surface area contributed by atoms with E-state index in [0.717, 1.165) is 36.1 Å². The Morgan fingerprint density at radius 2 is 1.97 bits per heavy atom. The molecule has 2 bridgehead atoms. The van der Waals surface area contributed by atoms with Crippen molar-refractivity contribution in [1.82, 2.24) is 20.2 Å². The van der Waals surface area contributed by atoms with Crippen molar-refractivity contribution in [3.05, 3.63) is 29.6 Å². The Labute approximate surface area is 189 Å². The number of hydrogen-bond donors (Lipinski definition) is 2. The van der Waals surface area contributed by atoms with Gasteiger partial charge in [0.15, 0.2) is 0 Å². The van der Waals surface area contributed by atoms with Crippen molar-refractivity contribution in [2.75, 3.05) is 7.11 Å². The summed E-state index contributed by atoms with van der Waals surface area (Å²) in [6.07, 6.45) is 7.72. The lowest BCUT2D eigenvalue weighted by atomic mass is 9.95. The van der Waals surface area contributed by atoms with Crippen LogP contribution in [0.5, 0.6) is 0 Å². The summed E-state index contributed by atoms with van der Waals surface area (Å²) in [6, 6.07) is 6.15. The van der Waals surface area contributed by atoms with Gasteiger partial charge in [0.2, 0.25) is 5.91 Å². The minimum absolute atomic E-state index is 0.0327. The van der Waals surface area contributed by atoms with Gasteiger partial charge < -0.3 is 19.9 Å². The van der Waals surface area contributed by atoms with Crippen molar-refractivity contribution >= 4 is 23.0 Å². The van der Waals surface area contributed by atoms with Crippen LogP contribution < -0.4 is 5.32 Å². The Kier molecular flexibility index (Phi) is 5.59. The Bertz CT molecular complexity index is 1010. The summed E-state index contributed by atoms with van der Waals surface area (Å²) in [7, 11) is 1.33. The van der Waals surface area contributed by atoms with Crippen molar-refractivity contribution < 1.29 is 14.3 Å². The Morgan fingerprint density at radius 1 is 1.19 bits per heavy atom. The highest BCUT2D eigenvalue weighted by atomic mass is 16.5. The number of ether oxygens (including phenoxy) is 1. The Morgan fingerprint density at radius 3 is 2.69 bits per heavy atom. The normalized spacial score (nSPS) is 26.2. The molecular formula is C25H34N4O3. The average Bonchev–Trinajstić information content (AvgIpc) is 3.58. The molecule has 2 amide bonds. The van der Waals surface area contributed by atoms with Gasteiger partial charge in [-0.05, 0) is 67.6 Å². The predicted octanol–water partition coefficient (Wildman–Crippen LogP) is 4.65. The van der Waals surface area contributed by atoms with Crippen LogP contribution in [0.15, 0.2) is 18.2 Å². The van der Waals surface area contributed by atoms with Gasteiger partial charge in [-0.1, -0.05) is 32.8 Å². The van der Waals surface area contributed by atoms with Gasteiger partial charge in [0.25, 0.3) is 0 Å². The molecule has 172 valence electrons. The number of hydrogen-bond acceptors (Lipinski definition) is 4. The molecule has 1 aromatic heterocycles. The molecule has 1 aromatic carbocycles. The monoisotopic (exact) mass is 438 g/mol. The lowest BCUT2D eigenvalue weighted by Gasteiger charge is -2.37. The smallest absolute Gasteiger partial charge is 0.407 e. The summed E-state index contributed by atoms with van der Waals surface area (Å²) in [4.78, 5) is 36.1. The maximum atomic E-state index is 13.7. The van der Waals surface area contributed by atoms with Crippen LogP contribution in [-0.4, -0.2) is 46.1 Å². The van der Waals surface area contributed by atoms with Gasteiger partial charge in [-0.2, -0.15) is 0 Å². The topological polar surface area (TPSA) is 87.3 Å². The van der Waals surface area contributed by atoms with Crippen LogP contribution in [-0.2, 0) is 9.53 Å². The van der Waals surface area contributed by atoms with Gasteiger partial charge in [0.1, 0.15) is 11.9 Å². The largest absolute Gasteiger partial charge is 0.453 e. The van der Waals surface area contributed by atoms with E-state index >= 15 is 0 Å². The summed E-state index contributed by atoms with van der Waals surface area (Å²) >= 11 is 0. The zero-order valence-electron chi connectivity index (χ0n) is 19.3. The van der Waals surface area contributed by atoms with E-state index in [9.17, 15) is 9.59 Å². The van der Waals surface area contributed by atoms with Crippen molar-refractivity contribution in [2.24, 2.45) is 11.8 Å². The first kappa shape index (κ1) is 21.3. The van der Waals surface area contributed by atoms with Crippen LogP contribution in [0, 0.1) is 11.8 Å². The van der Waals surface area contributed by atoms with Gasteiger partial charge in [0.05, 0.1) is 24.2 Å². The maximum absolute atomic E-state index is 13.7. The number of fused-ring (bicyclic) bond motifs is 3. The van der Waals surface area contributed by atoms with Crippen LogP contribution >= 0.6 is 0 Å². The Hall–Kier alpha value is -2.57. The van der Waals surface area contributed by atoms with Crippen LogP contribution in [0.3, 0.4) is 0 Å². The molecule has 32 heavy (non-hydrogen) atoms. The van der Waals surface area contributed by atoms with E-state index in [1.54, 1.807) is 0 Å². The van der Waals surface area contributed by atoms with Crippen molar-refractivity contribution in [3.63, 3.8) is 0 Å². The number of H-pyrrole nitrogens is 1. The third kappa shape index (κ3) is 3.65. The van der Waals surface area contributed by atoms with E-state index in [1.165, 1.54) is 38.4 Å². The number of piperidine rings is 1. The van der Waals surface area contributed by atoms with Crippen LogP contribution in [0.2, 0.25) is 0 Å². The molecule has 1 saturated heterocycles. The molecular weight excluding hydrogens is 404 g/mol. The fourth-order valence-corrected chi connectivity index (χ4v) is 6.21. The van der Waals surface area contributed by atoms with E-state index in [2.05, 4.69) is 28.5 Å². The second kappa shape index (κ2) is 8.41. The highest BCUT2D eigenvalue weighted by Crippen LogP contribution is 2.50. The van der Waals surface area contributed by atoms with Crippen LogP contribution in [0.4, 0.5) is 4.79 Å². The molecule has 3 aliphatic rings. The molecule has 2 heterocycles. The molecule has 2 N–H and O–H groups in total. The third-order valence-corrected chi connectivity index (χ3v) is 7.86. The highest BCUT2D eigenvalue weighted by Gasteiger charge is 2.51. The molecule has 0 radical (unpaired) electrons. The second-order valence-corrected chi connectivity index (χ2v) is 10.2. The number of methoxy groups -OCH3 is 1. The lowest BCUT2D eigenvalue weighted by Crippen LogP contribution is -2.54. The number of amides is 2. The molecule has 4 atom stereocenters. The number of rotatable bonds is 5. The molecule has 7 heteroatoms. The number of benzene rings is 1. The number of nitrogens with one attached hydrogen (secondary N) is 2. The van der Waals surface area contributed by atoms with Crippen molar-refractivity contribution in [2.45, 2.75) is 82.8 Å². The number of nitrogens with zero attached hydrogens (tertiary/aromatic N) is 2. The summed E-state index contributed by atoms with van der Waals surface area (Å²) in [6.45, 7) is 3.90. The molecule has 2 unspecified atom stereocenters. The number of aromatic nitrogens is 2. The number of imidazole rings is 1. The van der Waals surface area contributed by atoms with Crippen LogP contribution in [0.1, 0.15) is 82.1 Å². The minimum atomic E-state index is -0.609. The summed E-state index contributed by atoms with van der Waals surface area (Å²) < 4.78 is 4.77. The summed E-state index contributed by atoms with van der Waals surface area (Å²) in [5.41, 5.74) is 3.41. The SMILES string of the molecule is COC(=O)N[C@H](C(=O)N1C2CCC(C2)[C@H]1c1nc2cc(C3CCCC3)ccc2[nH]1)C(C)C. The van der Waals surface area contributed by atoms with E-state index in [1.807, 2.05) is 18.7 Å². The molecule has 7 nitrogen and oxygen atoms in total. The zero-order chi connectivity index (χ0) is 22.4. The third-order valence-electron chi connectivity index (χ3n) is 7.86. The number of aromatic amines is 1. The Balaban J connectivity index is 1.45. The van der Waals surface area contributed by atoms with E-state index < -0.39 is 12.1 Å². The summed E-state index contributed by atoms with van der Waals surface area (Å²) in [5, 5.41) is 2.76. The molecule has 2 saturated carbocycles. The van der Waals surface area contributed by atoms with Crippen molar-refractivity contribution in [1.29, 1.82) is 0 Å². The first-order valence-electron chi connectivity index (χ1n) is 12.1. The highest BCUT2D eigenvalue weighted by molar-refractivity contribution is 5.87. The molecule has 5 rings (SSSR count).